The van der Waals surface area contributed by atoms with Crippen LogP contribution >= 0.6 is 15.9 Å². The van der Waals surface area contributed by atoms with E-state index in [2.05, 4.69) is 34.7 Å². The molecular formula is C13H26BrNO2. The number of ether oxygens (including phenoxy) is 2. The maximum absolute atomic E-state index is 5.48. The van der Waals surface area contributed by atoms with Crippen molar-refractivity contribution in [3.63, 3.8) is 0 Å². The van der Waals surface area contributed by atoms with Crippen molar-refractivity contribution in [2.45, 2.75) is 38.9 Å². The van der Waals surface area contributed by atoms with Gasteiger partial charge in [0.25, 0.3) is 0 Å². The first-order chi connectivity index (χ1) is 8.14. The van der Waals surface area contributed by atoms with Crippen molar-refractivity contribution >= 4 is 15.9 Å². The second-order valence-corrected chi connectivity index (χ2v) is 5.64. The number of methoxy groups -OCH3 is 2. The molecule has 0 spiro atoms. The molecule has 17 heavy (non-hydrogen) atoms. The first kappa shape index (κ1) is 15.4. The summed E-state index contributed by atoms with van der Waals surface area (Å²) in [6.07, 6.45) is 2.87. The van der Waals surface area contributed by atoms with Gasteiger partial charge in [0.05, 0.1) is 12.2 Å². The predicted molar refractivity (Wildman–Crippen MR) is 74.8 cm³/mol. The minimum absolute atomic E-state index is 0.224. The number of halogens is 1. The van der Waals surface area contributed by atoms with Crippen molar-refractivity contribution in [2.24, 2.45) is 5.41 Å². The van der Waals surface area contributed by atoms with Crippen LogP contribution in [0.25, 0.3) is 0 Å². The number of nitrogens with zero attached hydrogens (tertiary/aromatic N) is 1. The number of hydrogen-bond donors (Lipinski definition) is 0. The maximum Gasteiger partial charge on any atom is 0.0971 e. The fourth-order valence-electron chi connectivity index (χ4n) is 2.58. The van der Waals surface area contributed by atoms with E-state index in [1.54, 1.807) is 14.2 Å². The van der Waals surface area contributed by atoms with Crippen molar-refractivity contribution in [3.8, 4) is 0 Å². The average molecular weight is 308 g/mol. The van der Waals surface area contributed by atoms with Crippen molar-refractivity contribution in [3.05, 3.63) is 0 Å². The SMILES string of the molecule is CCC(CC)(CBr)CN1CC(OC)C(OC)C1. The van der Waals surface area contributed by atoms with Crippen LogP contribution in [0.15, 0.2) is 0 Å². The van der Waals surface area contributed by atoms with Crippen molar-refractivity contribution in [2.75, 3.05) is 39.2 Å². The van der Waals surface area contributed by atoms with Crippen LogP contribution in [0.1, 0.15) is 26.7 Å². The summed E-state index contributed by atoms with van der Waals surface area (Å²) in [6, 6.07) is 0. The van der Waals surface area contributed by atoms with Crippen molar-refractivity contribution < 1.29 is 9.47 Å². The normalized spacial score (nSPS) is 26.6. The van der Waals surface area contributed by atoms with Gasteiger partial charge in [-0.25, -0.2) is 0 Å². The number of hydrogen-bond acceptors (Lipinski definition) is 3. The zero-order valence-corrected chi connectivity index (χ0v) is 13.1. The summed E-state index contributed by atoms with van der Waals surface area (Å²) in [5.41, 5.74) is 0.390. The Morgan fingerprint density at radius 1 is 1.12 bits per heavy atom. The zero-order valence-electron chi connectivity index (χ0n) is 11.5. The molecule has 0 aromatic rings. The molecule has 0 aliphatic carbocycles. The van der Waals surface area contributed by atoms with Crippen LogP contribution in [0.5, 0.6) is 0 Å². The molecule has 0 bridgehead atoms. The van der Waals surface area contributed by atoms with Gasteiger partial charge in [-0.15, -0.1) is 0 Å². The van der Waals surface area contributed by atoms with Gasteiger partial charge in [0.1, 0.15) is 0 Å². The Hall–Kier alpha value is 0.360. The largest absolute Gasteiger partial charge is 0.377 e. The quantitative estimate of drug-likeness (QED) is 0.675. The molecule has 1 aliphatic rings. The molecule has 1 fully saturated rings. The Morgan fingerprint density at radius 3 is 1.88 bits per heavy atom. The Balaban J connectivity index is 2.58. The molecule has 0 saturated carbocycles. The molecular weight excluding hydrogens is 282 g/mol. The van der Waals surface area contributed by atoms with Gasteiger partial charge in [-0.1, -0.05) is 29.8 Å². The number of rotatable bonds is 7. The van der Waals surface area contributed by atoms with E-state index in [0.29, 0.717) is 5.41 Å². The highest BCUT2D eigenvalue weighted by atomic mass is 79.9. The smallest absolute Gasteiger partial charge is 0.0971 e. The number of likely N-dealkylation sites (tertiary alicyclic amines) is 1. The van der Waals surface area contributed by atoms with E-state index in [-0.39, 0.29) is 12.2 Å². The van der Waals surface area contributed by atoms with Crippen LogP contribution in [-0.2, 0) is 9.47 Å². The summed E-state index contributed by atoms with van der Waals surface area (Å²) in [4.78, 5) is 2.48. The monoisotopic (exact) mass is 307 g/mol. The van der Waals surface area contributed by atoms with E-state index in [0.717, 1.165) is 25.0 Å². The molecule has 2 unspecified atom stereocenters. The molecule has 4 heteroatoms. The lowest BCUT2D eigenvalue weighted by atomic mass is 9.84. The molecule has 0 aromatic heterocycles. The Bertz CT molecular complexity index is 201. The standard InChI is InChI=1S/C13H26BrNO2/c1-5-13(6-2,9-14)10-15-7-11(16-3)12(8-15)17-4/h11-12H,5-10H2,1-4H3. The fraction of sp³-hybridized carbons (Fsp3) is 1.00. The predicted octanol–water partition coefficient (Wildman–Crippen LogP) is 2.53. The minimum Gasteiger partial charge on any atom is -0.377 e. The van der Waals surface area contributed by atoms with Crippen LogP contribution < -0.4 is 0 Å². The third-order valence-corrected chi connectivity index (χ3v) is 5.43. The summed E-state index contributed by atoms with van der Waals surface area (Å²) in [7, 11) is 3.55. The third kappa shape index (κ3) is 3.66. The van der Waals surface area contributed by atoms with E-state index >= 15 is 0 Å². The molecule has 1 rings (SSSR count). The lowest BCUT2D eigenvalue weighted by Gasteiger charge is -2.34. The van der Waals surface area contributed by atoms with E-state index in [4.69, 9.17) is 9.47 Å². The van der Waals surface area contributed by atoms with Crippen LogP contribution in [0.4, 0.5) is 0 Å². The second-order valence-electron chi connectivity index (χ2n) is 5.08. The van der Waals surface area contributed by atoms with E-state index in [1.807, 2.05) is 0 Å². The van der Waals surface area contributed by atoms with Crippen LogP contribution in [-0.4, -0.2) is 56.3 Å². The molecule has 0 N–H and O–H groups in total. The lowest BCUT2D eigenvalue weighted by Crippen LogP contribution is -2.38. The van der Waals surface area contributed by atoms with Crippen molar-refractivity contribution in [1.82, 2.24) is 4.90 Å². The van der Waals surface area contributed by atoms with Crippen molar-refractivity contribution in [1.29, 1.82) is 0 Å². The van der Waals surface area contributed by atoms with Gasteiger partial charge in [0.15, 0.2) is 0 Å². The number of alkyl halides is 1. The Morgan fingerprint density at radius 2 is 1.59 bits per heavy atom. The molecule has 1 aliphatic heterocycles. The highest BCUT2D eigenvalue weighted by Crippen LogP contribution is 2.31. The van der Waals surface area contributed by atoms with Crippen LogP contribution in [0.2, 0.25) is 0 Å². The summed E-state index contributed by atoms with van der Waals surface area (Å²) in [5, 5.41) is 1.07. The van der Waals surface area contributed by atoms with Crippen LogP contribution in [0, 0.1) is 5.41 Å². The van der Waals surface area contributed by atoms with Gasteiger partial charge in [-0.3, -0.25) is 4.90 Å². The molecule has 2 atom stereocenters. The van der Waals surface area contributed by atoms with Gasteiger partial charge in [0.2, 0.25) is 0 Å². The summed E-state index contributed by atoms with van der Waals surface area (Å²) in [5.74, 6) is 0. The first-order valence-corrected chi connectivity index (χ1v) is 7.60. The average Bonchev–Trinajstić information content (AvgIpc) is 2.78. The van der Waals surface area contributed by atoms with Gasteiger partial charge < -0.3 is 9.47 Å². The molecule has 1 heterocycles. The Kier molecular flexibility index (Phi) is 6.41. The maximum atomic E-state index is 5.48. The summed E-state index contributed by atoms with van der Waals surface area (Å²) in [6.45, 7) is 7.67. The molecule has 0 radical (unpaired) electrons. The molecule has 3 nitrogen and oxygen atoms in total. The molecule has 0 aromatic carbocycles. The fourth-order valence-corrected chi connectivity index (χ4v) is 3.55. The highest BCUT2D eigenvalue weighted by molar-refractivity contribution is 9.09. The molecule has 0 amide bonds. The minimum atomic E-state index is 0.224. The first-order valence-electron chi connectivity index (χ1n) is 6.48. The second kappa shape index (κ2) is 7.07. The van der Waals surface area contributed by atoms with Gasteiger partial charge in [-0.05, 0) is 18.3 Å². The van der Waals surface area contributed by atoms with Gasteiger partial charge >= 0.3 is 0 Å². The van der Waals surface area contributed by atoms with E-state index < -0.39 is 0 Å². The lowest BCUT2D eigenvalue weighted by molar-refractivity contribution is -0.00461. The van der Waals surface area contributed by atoms with Crippen LogP contribution in [0.3, 0.4) is 0 Å². The summed E-state index contributed by atoms with van der Waals surface area (Å²) >= 11 is 3.68. The van der Waals surface area contributed by atoms with Gasteiger partial charge in [-0.2, -0.15) is 0 Å². The molecule has 102 valence electrons. The Labute approximate surface area is 114 Å². The van der Waals surface area contributed by atoms with Gasteiger partial charge in [0, 0.05) is 39.2 Å². The van der Waals surface area contributed by atoms with E-state index in [9.17, 15) is 0 Å². The summed E-state index contributed by atoms with van der Waals surface area (Å²) < 4.78 is 11.0. The zero-order chi connectivity index (χ0) is 12.9. The highest BCUT2D eigenvalue weighted by Gasteiger charge is 2.37. The third-order valence-electron chi connectivity index (χ3n) is 4.24. The topological polar surface area (TPSA) is 21.7 Å². The van der Waals surface area contributed by atoms with E-state index in [1.165, 1.54) is 12.8 Å². The molecule has 1 saturated heterocycles.